The molecule has 0 spiro atoms. The Morgan fingerprint density at radius 2 is 1.83 bits per heavy atom. The van der Waals surface area contributed by atoms with Gasteiger partial charge in [0.05, 0.1) is 0 Å². The Bertz CT molecular complexity index is 404. The molecule has 0 fully saturated rings. The van der Waals surface area contributed by atoms with E-state index in [0.29, 0.717) is 12.2 Å². The standard InChI is InChI=1S/C13H17BrN2O2/c1-2-3-8-15-12(17)9-13(18)16-11-6-4-10(14)5-7-11/h4-7H,2-3,8-9H2,1H3,(H,15,17)(H,16,18). The molecular weight excluding hydrogens is 296 g/mol. The summed E-state index contributed by atoms with van der Waals surface area (Å²) in [6.07, 6.45) is 1.81. The van der Waals surface area contributed by atoms with Crippen molar-refractivity contribution in [2.24, 2.45) is 0 Å². The lowest BCUT2D eigenvalue weighted by atomic mass is 10.3. The molecule has 0 atom stereocenters. The average molecular weight is 313 g/mol. The fraction of sp³-hybridized carbons (Fsp3) is 0.385. The van der Waals surface area contributed by atoms with Crippen molar-refractivity contribution in [1.82, 2.24) is 5.32 Å². The van der Waals surface area contributed by atoms with Gasteiger partial charge in [0.1, 0.15) is 6.42 Å². The third-order valence-corrected chi connectivity index (χ3v) is 2.83. The quantitative estimate of drug-likeness (QED) is 0.627. The van der Waals surface area contributed by atoms with Crippen molar-refractivity contribution in [3.8, 4) is 0 Å². The lowest BCUT2D eigenvalue weighted by Crippen LogP contribution is -2.28. The Balaban J connectivity index is 2.32. The van der Waals surface area contributed by atoms with Crippen LogP contribution in [0.3, 0.4) is 0 Å². The Labute approximate surface area is 115 Å². The SMILES string of the molecule is CCCCNC(=O)CC(=O)Nc1ccc(Br)cc1. The Morgan fingerprint density at radius 1 is 1.17 bits per heavy atom. The minimum absolute atomic E-state index is 0.139. The summed E-state index contributed by atoms with van der Waals surface area (Å²) in [5.41, 5.74) is 0.685. The van der Waals surface area contributed by atoms with Crippen LogP contribution < -0.4 is 10.6 Å². The number of amides is 2. The van der Waals surface area contributed by atoms with E-state index in [1.54, 1.807) is 12.1 Å². The molecular formula is C13H17BrN2O2. The predicted octanol–water partition coefficient (Wildman–Crippen LogP) is 2.69. The number of hydrogen-bond acceptors (Lipinski definition) is 2. The molecule has 1 rings (SSSR count). The predicted molar refractivity (Wildman–Crippen MR) is 75.3 cm³/mol. The number of hydrogen-bond donors (Lipinski definition) is 2. The van der Waals surface area contributed by atoms with Gasteiger partial charge in [0, 0.05) is 16.7 Å². The molecule has 98 valence electrons. The molecule has 0 unspecified atom stereocenters. The van der Waals surface area contributed by atoms with Crippen LogP contribution in [0.2, 0.25) is 0 Å². The first-order valence-corrected chi connectivity index (χ1v) is 6.73. The largest absolute Gasteiger partial charge is 0.356 e. The highest BCUT2D eigenvalue weighted by Gasteiger charge is 2.08. The Morgan fingerprint density at radius 3 is 2.44 bits per heavy atom. The van der Waals surface area contributed by atoms with E-state index in [1.807, 2.05) is 19.1 Å². The number of halogens is 1. The highest BCUT2D eigenvalue weighted by atomic mass is 79.9. The summed E-state index contributed by atoms with van der Waals surface area (Å²) in [6.45, 7) is 2.67. The van der Waals surface area contributed by atoms with Crippen LogP contribution in [0.1, 0.15) is 26.2 Å². The molecule has 0 radical (unpaired) electrons. The molecule has 0 aliphatic heterocycles. The summed E-state index contributed by atoms with van der Waals surface area (Å²) in [4.78, 5) is 22.9. The Kier molecular flexibility index (Phi) is 6.43. The second-order valence-corrected chi connectivity index (χ2v) is 4.85. The van der Waals surface area contributed by atoms with Crippen molar-refractivity contribution >= 4 is 33.4 Å². The lowest BCUT2D eigenvalue weighted by molar-refractivity contribution is -0.126. The molecule has 4 nitrogen and oxygen atoms in total. The van der Waals surface area contributed by atoms with Crippen LogP contribution in [0.5, 0.6) is 0 Å². The number of benzene rings is 1. The minimum Gasteiger partial charge on any atom is -0.356 e. The van der Waals surface area contributed by atoms with Crippen molar-refractivity contribution in [1.29, 1.82) is 0 Å². The maximum atomic E-state index is 11.6. The third-order valence-electron chi connectivity index (χ3n) is 2.30. The monoisotopic (exact) mass is 312 g/mol. The van der Waals surface area contributed by atoms with Gasteiger partial charge in [-0.05, 0) is 30.7 Å². The van der Waals surface area contributed by atoms with Crippen LogP contribution in [0.4, 0.5) is 5.69 Å². The second kappa shape index (κ2) is 7.87. The van der Waals surface area contributed by atoms with E-state index in [4.69, 9.17) is 0 Å². The maximum absolute atomic E-state index is 11.6. The van der Waals surface area contributed by atoms with Crippen LogP contribution in [-0.4, -0.2) is 18.4 Å². The molecule has 0 aliphatic rings. The van der Waals surface area contributed by atoms with Gasteiger partial charge >= 0.3 is 0 Å². The molecule has 2 N–H and O–H groups in total. The summed E-state index contributed by atoms with van der Waals surface area (Å²) in [5.74, 6) is -0.538. The van der Waals surface area contributed by atoms with Gasteiger partial charge in [0.25, 0.3) is 0 Å². The highest BCUT2D eigenvalue weighted by molar-refractivity contribution is 9.10. The van der Waals surface area contributed by atoms with E-state index < -0.39 is 0 Å². The summed E-state index contributed by atoms with van der Waals surface area (Å²) < 4.78 is 0.942. The number of carbonyl (C=O) groups excluding carboxylic acids is 2. The molecule has 0 aromatic heterocycles. The molecule has 2 amide bonds. The third kappa shape index (κ3) is 5.82. The minimum atomic E-state index is -0.300. The van der Waals surface area contributed by atoms with E-state index in [-0.39, 0.29) is 18.2 Å². The molecule has 0 bridgehead atoms. The number of unbranched alkanes of at least 4 members (excludes halogenated alkanes) is 1. The lowest BCUT2D eigenvalue weighted by Gasteiger charge is -2.06. The van der Waals surface area contributed by atoms with Crippen LogP contribution in [0.15, 0.2) is 28.7 Å². The van der Waals surface area contributed by atoms with Gasteiger partial charge in [0.15, 0.2) is 0 Å². The van der Waals surface area contributed by atoms with Crippen molar-refractivity contribution < 1.29 is 9.59 Å². The van der Waals surface area contributed by atoms with Crippen molar-refractivity contribution in [2.75, 3.05) is 11.9 Å². The van der Waals surface area contributed by atoms with Crippen LogP contribution >= 0.6 is 15.9 Å². The smallest absolute Gasteiger partial charge is 0.233 e. The van der Waals surface area contributed by atoms with Crippen LogP contribution in [0, 0.1) is 0 Å². The molecule has 1 aromatic rings. The number of anilines is 1. The van der Waals surface area contributed by atoms with Gasteiger partial charge < -0.3 is 10.6 Å². The van der Waals surface area contributed by atoms with Crippen molar-refractivity contribution in [3.63, 3.8) is 0 Å². The van der Waals surface area contributed by atoms with E-state index in [2.05, 4.69) is 26.6 Å². The van der Waals surface area contributed by atoms with Crippen LogP contribution in [-0.2, 0) is 9.59 Å². The van der Waals surface area contributed by atoms with E-state index in [9.17, 15) is 9.59 Å². The molecule has 0 saturated heterocycles. The molecule has 0 heterocycles. The van der Waals surface area contributed by atoms with Gasteiger partial charge in [-0.3, -0.25) is 9.59 Å². The average Bonchev–Trinajstić information content (AvgIpc) is 2.32. The van der Waals surface area contributed by atoms with Gasteiger partial charge in [-0.15, -0.1) is 0 Å². The molecule has 0 aliphatic carbocycles. The van der Waals surface area contributed by atoms with Crippen LogP contribution in [0.25, 0.3) is 0 Å². The summed E-state index contributed by atoms with van der Waals surface area (Å²) in [6, 6.07) is 7.21. The summed E-state index contributed by atoms with van der Waals surface area (Å²) in [7, 11) is 0. The van der Waals surface area contributed by atoms with Gasteiger partial charge in [-0.1, -0.05) is 29.3 Å². The number of carbonyl (C=O) groups is 2. The maximum Gasteiger partial charge on any atom is 0.233 e. The zero-order chi connectivity index (χ0) is 13.4. The Hall–Kier alpha value is -1.36. The van der Waals surface area contributed by atoms with E-state index in [1.165, 1.54) is 0 Å². The van der Waals surface area contributed by atoms with Gasteiger partial charge in [0.2, 0.25) is 11.8 Å². The first kappa shape index (κ1) is 14.7. The van der Waals surface area contributed by atoms with E-state index >= 15 is 0 Å². The topological polar surface area (TPSA) is 58.2 Å². The summed E-state index contributed by atoms with van der Waals surface area (Å²) in [5, 5.41) is 5.37. The number of rotatable bonds is 6. The fourth-order valence-electron chi connectivity index (χ4n) is 1.35. The highest BCUT2D eigenvalue weighted by Crippen LogP contribution is 2.14. The van der Waals surface area contributed by atoms with Gasteiger partial charge in [-0.2, -0.15) is 0 Å². The normalized spacial score (nSPS) is 9.89. The first-order valence-electron chi connectivity index (χ1n) is 5.94. The zero-order valence-electron chi connectivity index (χ0n) is 10.3. The van der Waals surface area contributed by atoms with Crippen molar-refractivity contribution in [2.45, 2.75) is 26.2 Å². The summed E-state index contributed by atoms with van der Waals surface area (Å²) >= 11 is 3.31. The molecule has 18 heavy (non-hydrogen) atoms. The second-order valence-electron chi connectivity index (χ2n) is 3.94. The molecule has 0 saturated carbocycles. The van der Waals surface area contributed by atoms with E-state index in [0.717, 1.165) is 17.3 Å². The van der Waals surface area contributed by atoms with Crippen molar-refractivity contribution in [3.05, 3.63) is 28.7 Å². The molecule has 5 heteroatoms. The number of nitrogens with one attached hydrogen (secondary N) is 2. The fourth-order valence-corrected chi connectivity index (χ4v) is 1.62. The first-order chi connectivity index (χ1) is 8.61. The zero-order valence-corrected chi connectivity index (χ0v) is 11.9. The molecule has 1 aromatic carbocycles. The van der Waals surface area contributed by atoms with Gasteiger partial charge in [-0.25, -0.2) is 0 Å².